The summed E-state index contributed by atoms with van der Waals surface area (Å²) in [4.78, 5) is 12.1. The molecule has 0 spiro atoms. The fraction of sp³-hybridized carbons (Fsp3) is 0.0556. The van der Waals surface area contributed by atoms with Crippen LogP contribution >= 0.6 is 0 Å². The number of rotatable bonds is 3. The second-order valence-corrected chi connectivity index (χ2v) is 4.99. The molecule has 0 aliphatic rings. The van der Waals surface area contributed by atoms with Gasteiger partial charge in [-0.15, -0.1) is 0 Å². The van der Waals surface area contributed by atoms with Crippen LogP contribution in [0.4, 0.5) is 14.5 Å². The van der Waals surface area contributed by atoms with Gasteiger partial charge in [0, 0.05) is 6.07 Å². The van der Waals surface area contributed by atoms with Gasteiger partial charge in [-0.3, -0.25) is 4.79 Å². The number of halogens is 2. The summed E-state index contributed by atoms with van der Waals surface area (Å²) < 4.78 is 26.7. The van der Waals surface area contributed by atoms with Crippen molar-refractivity contribution in [3.8, 4) is 0 Å². The van der Waals surface area contributed by atoms with Gasteiger partial charge in [-0.2, -0.15) is 0 Å². The van der Waals surface area contributed by atoms with Gasteiger partial charge < -0.3 is 5.32 Å². The summed E-state index contributed by atoms with van der Waals surface area (Å²) in [5, 5.41) is 4.41. The van der Waals surface area contributed by atoms with E-state index >= 15 is 0 Å². The van der Waals surface area contributed by atoms with Crippen LogP contribution < -0.4 is 5.32 Å². The molecule has 0 atom stereocenters. The van der Waals surface area contributed by atoms with Crippen molar-refractivity contribution in [2.24, 2.45) is 0 Å². The topological polar surface area (TPSA) is 29.1 Å². The van der Waals surface area contributed by atoms with Crippen LogP contribution in [-0.4, -0.2) is 5.91 Å². The molecule has 0 radical (unpaired) electrons. The highest BCUT2D eigenvalue weighted by atomic mass is 19.1. The zero-order valence-electron chi connectivity index (χ0n) is 11.6. The van der Waals surface area contributed by atoms with Crippen molar-refractivity contribution < 1.29 is 13.6 Å². The summed E-state index contributed by atoms with van der Waals surface area (Å²) in [6.07, 6.45) is 0.0946. The van der Waals surface area contributed by atoms with Gasteiger partial charge in [-0.05, 0) is 28.5 Å². The van der Waals surface area contributed by atoms with Crippen molar-refractivity contribution in [3.63, 3.8) is 0 Å². The first kappa shape index (κ1) is 14.2. The lowest BCUT2D eigenvalue weighted by Gasteiger charge is -2.08. The Hall–Kier alpha value is -2.75. The van der Waals surface area contributed by atoms with Gasteiger partial charge in [-0.25, -0.2) is 8.78 Å². The number of carbonyl (C=O) groups excluding carboxylic acids is 1. The molecule has 3 rings (SSSR count). The molecule has 1 N–H and O–H groups in total. The van der Waals surface area contributed by atoms with Crippen LogP contribution in [0.25, 0.3) is 10.8 Å². The van der Waals surface area contributed by atoms with Crippen molar-refractivity contribution in [2.75, 3.05) is 5.32 Å². The molecule has 0 heterocycles. The smallest absolute Gasteiger partial charge is 0.228 e. The maximum absolute atomic E-state index is 13.5. The van der Waals surface area contributed by atoms with Crippen molar-refractivity contribution >= 4 is 22.4 Å². The highest BCUT2D eigenvalue weighted by molar-refractivity contribution is 5.96. The van der Waals surface area contributed by atoms with Crippen LogP contribution in [0, 0.1) is 11.6 Å². The van der Waals surface area contributed by atoms with Crippen molar-refractivity contribution in [1.29, 1.82) is 0 Å². The molecule has 22 heavy (non-hydrogen) atoms. The minimum atomic E-state index is -0.660. The molecule has 2 nitrogen and oxygen atoms in total. The van der Waals surface area contributed by atoms with Crippen molar-refractivity contribution in [3.05, 3.63) is 77.9 Å². The van der Waals surface area contributed by atoms with E-state index in [1.807, 2.05) is 42.5 Å². The van der Waals surface area contributed by atoms with E-state index < -0.39 is 11.6 Å². The van der Waals surface area contributed by atoms with Crippen LogP contribution in [0.1, 0.15) is 5.56 Å². The van der Waals surface area contributed by atoms with Crippen LogP contribution in [0.5, 0.6) is 0 Å². The van der Waals surface area contributed by atoms with Crippen LogP contribution in [0.2, 0.25) is 0 Å². The summed E-state index contributed by atoms with van der Waals surface area (Å²) in [7, 11) is 0. The highest BCUT2D eigenvalue weighted by Gasteiger charge is 2.10. The third-order valence-corrected chi connectivity index (χ3v) is 3.43. The predicted molar refractivity (Wildman–Crippen MR) is 82.6 cm³/mol. The first-order chi connectivity index (χ1) is 10.6. The maximum Gasteiger partial charge on any atom is 0.228 e. The largest absolute Gasteiger partial charge is 0.323 e. The number of anilines is 1. The Bertz CT molecular complexity index is 840. The number of hydrogen-bond acceptors (Lipinski definition) is 1. The average Bonchev–Trinajstić information content (AvgIpc) is 2.51. The fourth-order valence-electron chi connectivity index (χ4n) is 2.41. The molecule has 0 aliphatic heterocycles. The normalized spacial score (nSPS) is 10.6. The molecule has 0 saturated carbocycles. The molecule has 3 aromatic rings. The number of hydrogen-bond donors (Lipinski definition) is 1. The summed E-state index contributed by atoms with van der Waals surface area (Å²) in [6.45, 7) is 0. The lowest BCUT2D eigenvalue weighted by Crippen LogP contribution is -2.15. The van der Waals surface area contributed by atoms with E-state index in [-0.39, 0.29) is 18.0 Å². The second-order valence-electron chi connectivity index (χ2n) is 4.99. The molecular weight excluding hydrogens is 284 g/mol. The molecular formula is C18H13F2NO. The fourth-order valence-corrected chi connectivity index (χ4v) is 2.41. The lowest BCUT2D eigenvalue weighted by atomic mass is 10.0. The van der Waals surface area contributed by atoms with Gasteiger partial charge in [0.1, 0.15) is 11.6 Å². The quantitative estimate of drug-likeness (QED) is 0.767. The van der Waals surface area contributed by atoms with Gasteiger partial charge in [-0.1, -0.05) is 42.5 Å². The molecule has 0 fully saturated rings. The Morgan fingerprint density at radius 3 is 2.59 bits per heavy atom. The Morgan fingerprint density at radius 2 is 1.73 bits per heavy atom. The van der Waals surface area contributed by atoms with Crippen LogP contribution in [-0.2, 0) is 11.2 Å². The Morgan fingerprint density at radius 1 is 0.955 bits per heavy atom. The van der Waals surface area contributed by atoms with Gasteiger partial charge >= 0.3 is 0 Å². The molecule has 0 aliphatic carbocycles. The Kier molecular flexibility index (Phi) is 3.83. The third-order valence-electron chi connectivity index (χ3n) is 3.43. The van der Waals surface area contributed by atoms with E-state index in [1.54, 1.807) is 0 Å². The molecule has 0 bridgehead atoms. The molecule has 110 valence electrons. The maximum atomic E-state index is 13.5. The van der Waals surface area contributed by atoms with E-state index in [4.69, 9.17) is 0 Å². The van der Waals surface area contributed by atoms with E-state index in [0.717, 1.165) is 34.5 Å². The van der Waals surface area contributed by atoms with Crippen LogP contribution in [0.3, 0.4) is 0 Å². The van der Waals surface area contributed by atoms with E-state index in [2.05, 4.69) is 5.32 Å². The van der Waals surface area contributed by atoms with E-state index in [1.165, 1.54) is 0 Å². The number of carbonyl (C=O) groups is 1. The summed E-state index contributed by atoms with van der Waals surface area (Å²) in [5.74, 6) is -1.64. The van der Waals surface area contributed by atoms with Crippen molar-refractivity contribution in [1.82, 2.24) is 0 Å². The minimum Gasteiger partial charge on any atom is -0.323 e. The Labute approximate surface area is 126 Å². The number of benzene rings is 3. The molecule has 0 aromatic heterocycles. The monoisotopic (exact) mass is 297 g/mol. The average molecular weight is 297 g/mol. The zero-order chi connectivity index (χ0) is 15.5. The predicted octanol–water partition coefficient (Wildman–Crippen LogP) is 4.30. The number of nitrogens with one attached hydrogen (secondary N) is 1. The first-order valence-corrected chi connectivity index (χ1v) is 6.85. The summed E-state index contributed by atoms with van der Waals surface area (Å²) in [6, 6.07) is 16.4. The standard InChI is InChI=1S/C18H13F2NO/c19-14-8-9-16(20)17(11-14)21-18(22)10-13-6-3-5-12-4-1-2-7-15(12)13/h1-9,11H,10H2,(H,21,22). The number of amides is 1. The SMILES string of the molecule is O=C(Cc1cccc2ccccc12)Nc1cc(F)ccc1F. The van der Waals surface area contributed by atoms with Gasteiger partial charge in [0.05, 0.1) is 12.1 Å². The molecule has 1 amide bonds. The number of fused-ring (bicyclic) bond motifs is 1. The van der Waals surface area contributed by atoms with Gasteiger partial charge in [0.15, 0.2) is 0 Å². The first-order valence-electron chi connectivity index (χ1n) is 6.85. The third kappa shape index (κ3) is 2.96. The van der Waals surface area contributed by atoms with Gasteiger partial charge in [0.25, 0.3) is 0 Å². The molecule has 4 heteroatoms. The van der Waals surface area contributed by atoms with Gasteiger partial charge in [0.2, 0.25) is 5.91 Å². The van der Waals surface area contributed by atoms with Crippen LogP contribution in [0.15, 0.2) is 60.7 Å². The Balaban J connectivity index is 1.83. The van der Waals surface area contributed by atoms with E-state index in [9.17, 15) is 13.6 Å². The van der Waals surface area contributed by atoms with E-state index in [0.29, 0.717) is 0 Å². The summed E-state index contributed by atoms with van der Waals surface area (Å²) >= 11 is 0. The molecule has 0 saturated heterocycles. The summed E-state index contributed by atoms with van der Waals surface area (Å²) in [5.41, 5.74) is 0.692. The molecule has 3 aromatic carbocycles. The minimum absolute atomic E-state index is 0.0946. The lowest BCUT2D eigenvalue weighted by molar-refractivity contribution is -0.115. The highest BCUT2D eigenvalue weighted by Crippen LogP contribution is 2.20. The van der Waals surface area contributed by atoms with Crippen molar-refractivity contribution in [2.45, 2.75) is 6.42 Å². The molecule has 0 unspecified atom stereocenters. The second kappa shape index (κ2) is 5.93. The zero-order valence-corrected chi connectivity index (χ0v) is 11.6.